The molecule has 1 saturated carbocycles. The molecule has 1 aromatic rings. The summed E-state index contributed by atoms with van der Waals surface area (Å²) >= 11 is 4.99. The molecule has 1 aromatic carbocycles. The van der Waals surface area contributed by atoms with Crippen LogP contribution in [0.1, 0.15) is 29.5 Å². The fourth-order valence-corrected chi connectivity index (χ4v) is 2.62. The first-order valence-corrected chi connectivity index (χ1v) is 6.47. The van der Waals surface area contributed by atoms with Crippen LogP contribution in [0.15, 0.2) is 12.1 Å². The summed E-state index contributed by atoms with van der Waals surface area (Å²) in [6.07, 6.45) is 1.52. The second kappa shape index (κ2) is 4.35. The van der Waals surface area contributed by atoms with E-state index in [-0.39, 0.29) is 5.91 Å². The predicted molar refractivity (Wildman–Crippen MR) is 77.7 cm³/mol. The van der Waals surface area contributed by atoms with Crippen molar-refractivity contribution in [2.24, 2.45) is 11.1 Å². The maximum atomic E-state index is 12.2. The average molecular weight is 262 g/mol. The molecule has 3 nitrogen and oxygen atoms in total. The van der Waals surface area contributed by atoms with E-state index in [0.717, 1.165) is 29.7 Å². The van der Waals surface area contributed by atoms with Crippen LogP contribution in [0, 0.1) is 26.2 Å². The van der Waals surface area contributed by atoms with Crippen molar-refractivity contribution in [3.63, 3.8) is 0 Å². The first kappa shape index (κ1) is 13.0. The lowest BCUT2D eigenvalue weighted by atomic mass is 10.0. The molecule has 0 atom stereocenters. The Labute approximate surface area is 113 Å². The SMILES string of the molecule is Cc1cc(C)c(NC(=O)C2(C(N)=S)CC2)c(C)c1. The zero-order valence-electron chi connectivity index (χ0n) is 11.0. The van der Waals surface area contributed by atoms with E-state index >= 15 is 0 Å². The van der Waals surface area contributed by atoms with E-state index in [9.17, 15) is 4.79 Å². The van der Waals surface area contributed by atoms with Crippen molar-refractivity contribution in [2.45, 2.75) is 33.6 Å². The largest absolute Gasteiger partial charge is 0.392 e. The molecule has 3 N–H and O–H groups in total. The first-order valence-electron chi connectivity index (χ1n) is 6.06. The lowest BCUT2D eigenvalue weighted by molar-refractivity contribution is -0.118. The predicted octanol–water partition coefficient (Wildman–Crippen LogP) is 2.62. The zero-order valence-corrected chi connectivity index (χ0v) is 11.8. The fourth-order valence-electron chi connectivity index (χ4n) is 2.32. The van der Waals surface area contributed by atoms with Gasteiger partial charge in [-0.25, -0.2) is 0 Å². The number of nitrogens with two attached hydrogens (primary N) is 1. The first-order chi connectivity index (χ1) is 8.36. The molecule has 0 heterocycles. The van der Waals surface area contributed by atoms with Gasteiger partial charge in [0.25, 0.3) is 0 Å². The van der Waals surface area contributed by atoms with Crippen molar-refractivity contribution in [3.05, 3.63) is 28.8 Å². The van der Waals surface area contributed by atoms with Crippen molar-refractivity contribution in [1.82, 2.24) is 0 Å². The molecular formula is C14H18N2OS. The third-order valence-corrected chi connectivity index (χ3v) is 3.96. The van der Waals surface area contributed by atoms with Crippen LogP contribution in [-0.2, 0) is 4.79 Å². The summed E-state index contributed by atoms with van der Waals surface area (Å²) in [5.41, 5.74) is 9.27. The van der Waals surface area contributed by atoms with Crippen LogP contribution in [0.25, 0.3) is 0 Å². The third kappa shape index (κ3) is 2.12. The van der Waals surface area contributed by atoms with E-state index in [2.05, 4.69) is 17.4 Å². The Hall–Kier alpha value is -1.42. The summed E-state index contributed by atoms with van der Waals surface area (Å²) in [5, 5.41) is 2.98. The number of hydrogen-bond acceptors (Lipinski definition) is 2. The Morgan fingerprint density at radius 3 is 2.17 bits per heavy atom. The van der Waals surface area contributed by atoms with Crippen LogP contribution < -0.4 is 11.1 Å². The minimum Gasteiger partial charge on any atom is -0.392 e. The van der Waals surface area contributed by atoms with Gasteiger partial charge in [-0.1, -0.05) is 29.9 Å². The van der Waals surface area contributed by atoms with Crippen LogP contribution in [0.4, 0.5) is 5.69 Å². The van der Waals surface area contributed by atoms with Gasteiger partial charge in [0.2, 0.25) is 5.91 Å². The zero-order chi connectivity index (χ0) is 13.5. The Kier molecular flexibility index (Phi) is 3.15. The summed E-state index contributed by atoms with van der Waals surface area (Å²) in [6, 6.07) is 4.12. The molecule has 1 aliphatic rings. The number of anilines is 1. The van der Waals surface area contributed by atoms with Gasteiger partial charge in [-0.15, -0.1) is 0 Å². The lowest BCUT2D eigenvalue weighted by Crippen LogP contribution is -2.35. The number of hydrogen-bond donors (Lipinski definition) is 2. The standard InChI is InChI=1S/C14H18N2OS/c1-8-6-9(2)11(10(3)7-8)16-13(17)14(4-5-14)12(15)18/h6-7H,4-5H2,1-3H3,(H2,15,18)(H,16,17). The third-order valence-electron chi connectivity index (χ3n) is 3.57. The van der Waals surface area contributed by atoms with Crippen molar-refractivity contribution in [3.8, 4) is 0 Å². The Bertz CT molecular complexity index is 510. The number of aryl methyl sites for hydroxylation is 3. The van der Waals surface area contributed by atoms with Gasteiger partial charge in [0.05, 0.1) is 10.4 Å². The highest BCUT2D eigenvalue weighted by Crippen LogP contribution is 2.47. The molecule has 18 heavy (non-hydrogen) atoms. The molecule has 0 saturated heterocycles. The Balaban J connectivity index is 2.26. The van der Waals surface area contributed by atoms with Crippen LogP contribution in [0.2, 0.25) is 0 Å². The summed E-state index contributed by atoms with van der Waals surface area (Å²) in [5.74, 6) is -0.0648. The number of thiocarbonyl (C=S) groups is 1. The molecule has 0 spiro atoms. The molecule has 2 rings (SSSR count). The minimum absolute atomic E-state index is 0.0648. The molecule has 1 aliphatic carbocycles. The molecule has 0 unspecified atom stereocenters. The highest BCUT2D eigenvalue weighted by atomic mass is 32.1. The van der Waals surface area contributed by atoms with E-state index in [1.54, 1.807) is 0 Å². The van der Waals surface area contributed by atoms with E-state index in [4.69, 9.17) is 18.0 Å². The monoisotopic (exact) mass is 262 g/mol. The Morgan fingerprint density at radius 1 is 1.28 bits per heavy atom. The molecule has 0 bridgehead atoms. The molecular weight excluding hydrogens is 244 g/mol. The summed E-state index contributed by atoms with van der Waals surface area (Å²) < 4.78 is 0. The number of benzene rings is 1. The fraction of sp³-hybridized carbons (Fsp3) is 0.429. The molecule has 96 valence electrons. The topological polar surface area (TPSA) is 55.1 Å². The van der Waals surface area contributed by atoms with Crippen LogP contribution in [0.5, 0.6) is 0 Å². The number of rotatable bonds is 3. The lowest BCUT2D eigenvalue weighted by Gasteiger charge is -2.17. The van der Waals surface area contributed by atoms with Gasteiger partial charge in [-0.05, 0) is 44.7 Å². The highest BCUT2D eigenvalue weighted by Gasteiger charge is 2.52. The van der Waals surface area contributed by atoms with Crippen molar-refractivity contribution >= 4 is 28.8 Å². The normalized spacial score (nSPS) is 16.2. The molecule has 0 aromatic heterocycles. The van der Waals surface area contributed by atoms with E-state index < -0.39 is 5.41 Å². The quantitative estimate of drug-likeness (QED) is 0.823. The molecule has 0 radical (unpaired) electrons. The number of carbonyl (C=O) groups is 1. The van der Waals surface area contributed by atoms with Crippen molar-refractivity contribution < 1.29 is 4.79 Å². The molecule has 0 aliphatic heterocycles. The van der Waals surface area contributed by atoms with Gasteiger partial charge in [-0.2, -0.15) is 0 Å². The van der Waals surface area contributed by atoms with Gasteiger partial charge in [-0.3, -0.25) is 4.79 Å². The number of nitrogens with one attached hydrogen (secondary N) is 1. The summed E-state index contributed by atoms with van der Waals surface area (Å²) in [4.78, 5) is 12.6. The van der Waals surface area contributed by atoms with Crippen molar-refractivity contribution in [2.75, 3.05) is 5.32 Å². The number of carbonyl (C=O) groups excluding carboxylic acids is 1. The van der Waals surface area contributed by atoms with E-state index in [0.29, 0.717) is 4.99 Å². The minimum atomic E-state index is -0.598. The van der Waals surface area contributed by atoms with Crippen LogP contribution >= 0.6 is 12.2 Å². The average Bonchev–Trinajstić information content (AvgIpc) is 3.03. The molecule has 1 fully saturated rings. The maximum absolute atomic E-state index is 12.2. The summed E-state index contributed by atoms with van der Waals surface area (Å²) in [7, 11) is 0. The Morgan fingerprint density at radius 2 is 1.78 bits per heavy atom. The van der Waals surface area contributed by atoms with E-state index in [1.807, 2.05) is 20.8 Å². The van der Waals surface area contributed by atoms with Crippen LogP contribution in [0.3, 0.4) is 0 Å². The second-order valence-corrected chi connectivity index (χ2v) is 5.61. The van der Waals surface area contributed by atoms with Gasteiger partial charge in [0, 0.05) is 5.69 Å². The van der Waals surface area contributed by atoms with Gasteiger partial charge >= 0.3 is 0 Å². The molecule has 1 amide bonds. The van der Waals surface area contributed by atoms with Gasteiger partial charge in [0.15, 0.2) is 0 Å². The maximum Gasteiger partial charge on any atom is 0.237 e. The van der Waals surface area contributed by atoms with E-state index in [1.165, 1.54) is 5.56 Å². The smallest absolute Gasteiger partial charge is 0.237 e. The molecule has 4 heteroatoms. The summed E-state index contributed by atoms with van der Waals surface area (Å²) in [6.45, 7) is 6.04. The number of amides is 1. The van der Waals surface area contributed by atoms with Crippen molar-refractivity contribution in [1.29, 1.82) is 0 Å². The second-order valence-electron chi connectivity index (χ2n) is 5.17. The van der Waals surface area contributed by atoms with Crippen LogP contribution in [-0.4, -0.2) is 10.9 Å². The van der Waals surface area contributed by atoms with Gasteiger partial charge in [0.1, 0.15) is 0 Å². The van der Waals surface area contributed by atoms with Gasteiger partial charge < -0.3 is 11.1 Å². The highest BCUT2D eigenvalue weighted by molar-refractivity contribution is 7.80.